The molecule has 0 spiro atoms. The van der Waals surface area contributed by atoms with Gasteiger partial charge in [-0.2, -0.15) is 5.10 Å². The van der Waals surface area contributed by atoms with Gasteiger partial charge in [-0.3, -0.25) is 4.68 Å². The number of hydrogen-bond donors (Lipinski definition) is 3. The van der Waals surface area contributed by atoms with E-state index in [1.165, 1.54) is 6.42 Å². The Morgan fingerprint density at radius 2 is 2.06 bits per heavy atom. The number of nitrogens with two attached hydrogens (primary N) is 1. The first-order chi connectivity index (χ1) is 8.09. The lowest BCUT2D eigenvalue weighted by molar-refractivity contribution is 0.144. The minimum absolute atomic E-state index is 0.0922. The number of nitrogens with one attached hydrogen (secondary N) is 1. The van der Waals surface area contributed by atoms with Crippen LogP contribution in [0.5, 0.6) is 0 Å². The molecule has 1 aliphatic rings. The summed E-state index contributed by atoms with van der Waals surface area (Å²) in [6.45, 7) is 1.89. The fourth-order valence-electron chi connectivity index (χ4n) is 2.48. The highest BCUT2D eigenvalue weighted by molar-refractivity contribution is 5.65. The van der Waals surface area contributed by atoms with E-state index in [0.29, 0.717) is 5.69 Å². The Morgan fingerprint density at radius 3 is 2.71 bits per heavy atom. The van der Waals surface area contributed by atoms with Gasteiger partial charge in [-0.1, -0.05) is 19.3 Å². The predicted molar refractivity (Wildman–Crippen MR) is 68.9 cm³/mol. The summed E-state index contributed by atoms with van der Waals surface area (Å²) >= 11 is 0. The summed E-state index contributed by atoms with van der Waals surface area (Å²) in [5.41, 5.74) is 7.49. The molecule has 5 heteroatoms. The van der Waals surface area contributed by atoms with Crippen LogP contribution < -0.4 is 11.1 Å². The summed E-state index contributed by atoms with van der Waals surface area (Å²) < 4.78 is 1.75. The normalized spacial score (nSPS) is 25.6. The van der Waals surface area contributed by atoms with Gasteiger partial charge in [-0.25, -0.2) is 0 Å². The molecule has 0 radical (unpaired) electrons. The summed E-state index contributed by atoms with van der Waals surface area (Å²) in [6, 6.07) is 0.0922. The molecule has 0 aliphatic heterocycles. The lowest BCUT2D eigenvalue weighted by Crippen LogP contribution is -2.33. The van der Waals surface area contributed by atoms with Crippen molar-refractivity contribution in [1.82, 2.24) is 9.78 Å². The molecule has 17 heavy (non-hydrogen) atoms. The van der Waals surface area contributed by atoms with Crippen LogP contribution in [0, 0.1) is 6.92 Å². The van der Waals surface area contributed by atoms with Gasteiger partial charge in [0.1, 0.15) is 5.82 Å². The van der Waals surface area contributed by atoms with Crippen molar-refractivity contribution >= 4 is 11.5 Å². The molecule has 0 bridgehead atoms. The minimum Gasteiger partial charge on any atom is -0.394 e. The van der Waals surface area contributed by atoms with E-state index < -0.39 is 0 Å². The van der Waals surface area contributed by atoms with Crippen molar-refractivity contribution in [2.24, 2.45) is 7.05 Å². The van der Waals surface area contributed by atoms with Crippen LogP contribution in [-0.2, 0) is 7.05 Å². The molecular formula is C12H22N4O. The summed E-state index contributed by atoms with van der Waals surface area (Å²) in [7, 11) is 1.87. The van der Waals surface area contributed by atoms with E-state index in [1.807, 2.05) is 14.0 Å². The number of rotatable bonds is 2. The Kier molecular flexibility index (Phi) is 3.57. The van der Waals surface area contributed by atoms with Gasteiger partial charge in [0.05, 0.1) is 23.5 Å². The topological polar surface area (TPSA) is 76.1 Å². The number of hydrogen-bond acceptors (Lipinski definition) is 4. The Hall–Kier alpha value is -1.23. The van der Waals surface area contributed by atoms with Crippen molar-refractivity contribution in [2.45, 2.75) is 51.2 Å². The molecule has 0 amide bonds. The summed E-state index contributed by atoms with van der Waals surface area (Å²) in [5, 5.41) is 17.7. The molecule has 1 aromatic rings. The lowest BCUT2D eigenvalue weighted by Gasteiger charge is -2.23. The van der Waals surface area contributed by atoms with Gasteiger partial charge in [-0.05, 0) is 19.8 Å². The second-order valence-electron chi connectivity index (χ2n) is 4.93. The fraction of sp³-hybridized carbons (Fsp3) is 0.750. The summed E-state index contributed by atoms with van der Waals surface area (Å²) in [6.07, 6.45) is 5.05. The van der Waals surface area contributed by atoms with Crippen LogP contribution in [-0.4, -0.2) is 27.0 Å². The van der Waals surface area contributed by atoms with Crippen molar-refractivity contribution in [2.75, 3.05) is 11.1 Å². The predicted octanol–water partition coefficient (Wildman–Crippen LogP) is 1.42. The van der Waals surface area contributed by atoms with Crippen LogP contribution in [0.4, 0.5) is 11.5 Å². The van der Waals surface area contributed by atoms with Crippen molar-refractivity contribution < 1.29 is 5.11 Å². The van der Waals surface area contributed by atoms with E-state index in [0.717, 1.165) is 37.2 Å². The molecule has 1 aliphatic carbocycles. The average molecular weight is 238 g/mol. The third kappa shape index (κ3) is 2.54. The maximum absolute atomic E-state index is 10.1. The van der Waals surface area contributed by atoms with Crippen molar-refractivity contribution in [3.8, 4) is 0 Å². The zero-order chi connectivity index (χ0) is 12.4. The first kappa shape index (κ1) is 12.2. The summed E-state index contributed by atoms with van der Waals surface area (Å²) in [4.78, 5) is 0. The van der Waals surface area contributed by atoms with Crippen LogP contribution in [0.1, 0.15) is 37.8 Å². The number of aliphatic hydroxyl groups excluding tert-OH is 1. The molecule has 1 saturated carbocycles. The third-order valence-electron chi connectivity index (χ3n) is 3.57. The molecule has 0 aromatic carbocycles. The maximum Gasteiger partial charge on any atom is 0.148 e. The SMILES string of the molecule is Cc1nn(C)c(NC2CCCCCC2O)c1N. The second kappa shape index (κ2) is 4.96. The smallest absolute Gasteiger partial charge is 0.148 e. The Labute approximate surface area is 102 Å². The molecular weight excluding hydrogens is 216 g/mol. The molecule has 2 unspecified atom stereocenters. The van der Waals surface area contributed by atoms with Crippen molar-refractivity contribution in [1.29, 1.82) is 0 Å². The number of aliphatic hydroxyl groups is 1. The zero-order valence-electron chi connectivity index (χ0n) is 10.6. The number of anilines is 2. The van der Waals surface area contributed by atoms with Gasteiger partial charge >= 0.3 is 0 Å². The van der Waals surface area contributed by atoms with Crippen LogP contribution in [0.3, 0.4) is 0 Å². The second-order valence-corrected chi connectivity index (χ2v) is 4.93. The number of nitrogen functional groups attached to an aromatic ring is 1. The quantitative estimate of drug-likeness (QED) is 0.681. The standard InChI is InChI=1S/C12H22N4O/c1-8-11(13)12(16(2)15-8)14-9-6-4-3-5-7-10(9)17/h9-10,14,17H,3-7,13H2,1-2H3. The number of aryl methyl sites for hydroxylation is 2. The number of aromatic nitrogens is 2. The molecule has 1 heterocycles. The number of nitrogens with zero attached hydrogens (tertiary/aromatic N) is 2. The van der Waals surface area contributed by atoms with E-state index in [4.69, 9.17) is 5.73 Å². The molecule has 96 valence electrons. The average Bonchev–Trinajstić information content (AvgIpc) is 2.45. The zero-order valence-corrected chi connectivity index (χ0v) is 10.6. The van der Waals surface area contributed by atoms with E-state index in [9.17, 15) is 5.11 Å². The Balaban J connectivity index is 2.13. The van der Waals surface area contributed by atoms with Gasteiger partial charge in [0.2, 0.25) is 0 Å². The van der Waals surface area contributed by atoms with Gasteiger partial charge < -0.3 is 16.2 Å². The maximum atomic E-state index is 10.1. The monoisotopic (exact) mass is 238 g/mol. The van der Waals surface area contributed by atoms with Crippen LogP contribution in [0.25, 0.3) is 0 Å². The third-order valence-corrected chi connectivity index (χ3v) is 3.57. The van der Waals surface area contributed by atoms with Crippen molar-refractivity contribution in [3.05, 3.63) is 5.69 Å². The van der Waals surface area contributed by atoms with Gasteiger partial charge in [-0.15, -0.1) is 0 Å². The molecule has 5 nitrogen and oxygen atoms in total. The van der Waals surface area contributed by atoms with Crippen molar-refractivity contribution in [3.63, 3.8) is 0 Å². The summed E-state index contributed by atoms with van der Waals surface area (Å²) in [5.74, 6) is 0.827. The van der Waals surface area contributed by atoms with Crippen LogP contribution in [0.2, 0.25) is 0 Å². The first-order valence-corrected chi connectivity index (χ1v) is 6.33. The highest BCUT2D eigenvalue weighted by atomic mass is 16.3. The fourth-order valence-corrected chi connectivity index (χ4v) is 2.48. The van der Waals surface area contributed by atoms with E-state index in [-0.39, 0.29) is 12.1 Å². The Bertz CT molecular complexity index is 388. The van der Waals surface area contributed by atoms with E-state index >= 15 is 0 Å². The molecule has 2 atom stereocenters. The largest absolute Gasteiger partial charge is 0.394 e. The van der Waals surface area contributed by atoms with Gasteiger partial charge in [0.15, 0.2) is 0 Å². The molecule has 2 rings (SSSR count). The van der Waals surface area contributed by atoms with Crippen LogP contribution in [0.15, 0.2) is 0 Å². The van der Waals surface area contributed by atoms with E-state index in [1.54, 1.807) is 4.68 Å². The highest BCUT2D eigenvalue weighted by Gasteiger charge is 2.23. The van der Waals surface area contributed by atoms with E-state index in [2.05, 4.69) is 10.4 Å². The molecule has 1 fully saturated rings. The van der Waals surface area contributed by atoms with Gasteiger partial charge in [0.25, 0.3) is 0 Å². The minimum atomic E-state index is -0.285. The highest BCUT2D eigenvalue weighted by Crippen LogP contribution is 2.26. The van der Waals surface area contributed by atoms with Crippen LogP contribution >= 0.6 is 0 Å². The molecule has 4 N–H and O–H groups in total. The lowest BCUT2D eigenvalue weighted by atomic mass is 10.1. The molecule has 0 saturated heterocycles. The Morgan fingerprint density at radius 1 is 1.35 bits per heavy atom. The molecule has 1 aromatic heterocycles. The first-order valence-electron chi connectivity index (χ1n) is 6.33. The van der Waals surface area contributed by atoms with Gasteiger partial charge in [0, 0.05) is 7.05 Å².